The summed E-state index contributed by atoms with van der Waals surface area (Å²) in [7, 11) is 0. The van der Waals surface area contributed by atoms with Gasteiger partial charge in [0.15, 0.2) is 17.5 Å². The number of hydrogen-bond donors (Lipinski definition) is 0. The number of nitrogens with zero attached hydrogens (tertiary/aromatic N) is 4. The molecule has 1 aliphatic carbocycles. The van der Waals surface area contributed by atoms with Crippen molar-refractivity contribution < 1.29 is 0 Å². The smallest absolute Gasteiger partial charge is 0.164 e. The molecular weight excluding hydrogens is 705 g/mol. The van der Waals surface area contributed by atoms with Crippen molar-refractivity contribution in [1.82, 2.24) is 19.9 Å². The second-order valence-corrected chi connectivity index (χ2v) is 16.6. The van der Waals surface area contributed by atoms with Crippen molar-refractivity contribution in [3.05, 3.63) is 154 Å². The zero-order chi connectivity index (χ0) is 34.9. The molecule has 0 bridgehead atoms. The van der Waals surface area contributed by atoms with Crippen molar-refractivity contribution in [3.8, 4) is 45.3 Å². The number of hydrogen-bond acceptors (Lipinski definition) is 7. The predicted molar refractivity (Wildman–Crippen MR) is 225 cm³/mol. The summed E-state index contributed by atoms with van der Waals surface area (Å²) in [4.78, 5) is 20.1. The maximum Gasteiger partial charge on any atom is 0.164 e. The van der Waals surface area contributed by atoms with Gasteiger partial charge in [0, 0.05) is 57.4 Å². The predicted octanol–water partition coefficient (Wildman–Crippen LogP) is 11.5. The second-order valence-electron chi connectivity index (χ2n) is 13.4. The lowest BCUT2D eigenvalue weighted by Gasteiger charge is -2.10. The zero-order valence-electron chi connectivity index (χ0n) is 28.2. The second kappa shape index (κ2) is 12.4. The molecule has 0 N–H and O–H groups in total. The summed E-state index contributed by atoms with van der Waals surface area (Å²) in [6.07, 6.45) is 5.82. The first-order valence-corrected chi connectivity index (χ1v) is 20.1. The zero-order valence-corrected chi connectivity index (χ0v) is 30.7. The first-order valence-electron chi connectivity index (χ1n) is 17.6. The summed E-state index contributed by atoms with van der Waals surface area (Å²) >= 11 is 5.52. The average Bonchev–Trinajstić information content (AvgIpc) is 3.94. The number of rotatable bonds is 5. The van der Waals surface area contributed by atoms with Crippen LogP contribution in [0, 0.1) is 0 Å². The van der Waals surface area contributed by atoms with Crippen LogP contribution >= 0.6 is 34.0 Å². The van der Waals surface area contributed by atoms with Gasteiger partial charge in [0.1, 0.15) is 5.01 Å². The van der Waals surface area contributed by atoms with Gasteiger partial charge in [0.2, 0.25) is 0 Å². The van der Waals surface area contributed by atoms with E-state index < -0.39 is 0 Å². The third-order valence-electron chi connectivity index (χ3n) is 10.1. The molecule has 0 spiro atoms. The van der Waals surface area contributed by atoms with Crippen LogP contribution in [0.5, 0.6) is 0 Å². The van der Waals surface area contributed by atoms with Crippen LogP contribution in [0.2, 0.25) is 0 Å². The summed E-state index contributed by atoms with van der Waals surface area (Å²) in [6, 6.07) is 49.1. The topological polar surface area (TPSA) is 51.6 Å². The van der Waals surface area contributed by atoms with E-state index in [9.17, 15) is 0 Å². The van der Waals surface area contributed by atoms with E-state index in [0.717, 1.165) is 28.6 Å². The molecule has 0 aliphatic heterocycles. The van der Waals surface area contributed by atoms with E-state index in [-0.39, 0.29) is 5.92 Å². The Morgan fingerprint density at radius 3 is 1.96 bits per heavy atom. The van der Waals surface area contributed by atoms with Gasteiger partial charge >= 0.3 is 0 Å². The van der Waals surface area contributed by atoms with E-state index in [1.165, 1.54) is 60.8 Å². The third kappa shape index (κ3) is 5.31. The molecule has 53 heavy (non-hydrogen) atoms. The normalized spacial score (nSPS) is 14.1. The van der Waals surface area contributed by atoms with Crippen molar-refractivity contribution in [1.29, 1.82) is 0 Å². The van der Waals surface area contributed by atoms with Crippen LogP contribution in [0.25, 0.3) is 97.9 Å². The minimum absolute atomic E-state index is 0.290. The standard InChI is InChI=1S/C46H28N4S3/c1-2-9-28(10-3-1)43-48-44(50-45(49-43)30-21-23-39-35(25-30)33-11-4-6-15-38(33)51-39)29-19-17-27(18-20-29)32-12-8-13-34-36-26-31(22-24-40(36)52-42(32)34)46-47-37-14-5-7-16-41(37)53-46/h1-21,23-26,31H,22H2. The Morgan fingerprint density at radius 1 is 0.472 bits per heavy atom. The van der Waals surface area contributed by atoms with Gasteiger partial charge in [0.25, 0.3) is 0 Å². The third-order valence-corrected chi connectivity index (χ3v) is 13.7. The molecule has 0 saturated heterocycles. The Bertz CT molecular complexity index is 3120. The summed E-state index contributed by atoms with van der Waals surface area (Å²) in [5.41, 5.74) is 6.40. The van der Waals surface area contributed by atoms with E-state index in [4.69, 9.17) is 19.9 Å². The quantitative estimate of drug-likeness (QED) is 0.177. The molecule has 1 unspecified atom stereocenters. The van der Waals surface area contributed by atoms with Gasteiger partial charge in [-0.25, -0.2) is 19.9 Å². The molecule has 0 saturated carbocycles. The number of benzene rings is 6. The Labute approximate surface area is 316 Å². The van der Waals surface area contributed by atoms with Gasteiger partial charge in [-0.3, -0.25) is 0 Å². The van der Waals surface area contributed by atoms with E-state index in [0.29, 0.717) is 17.5 Å². The van der Waals surface area contributed by atoms with Crippen LogP contribution in [-0.2, 0) is 0 Å². The molecule has 250 valence electrons. The van der Waals surface area contributed by atoms with Crippen LogP contribution in [0.3, 0.4) is 0 Å². The van der Waals surface area contributed by atoms with Crippen molar-refractivity contribution in [3.63, 3.8) is 0 Å². The summed E-state index contributed by atoms with van der Waals surface area (Å²) in [5.74, 6) is 2.28. The number of para-hydroxylation sites is 1. The Morgan fingerprint density at radius 2 is 1.13 bits per heavy atom. The number of aromatic nitrogens is 4. The van der Waals surface area contributed by atoms with E-state index >= 15 is 0 Å². The monoisotopic (exact) mass is 732 g/mol. The largest absolute Gasteiger partial charge is 0.241 e. The van der Waals surface area contributed by atoms with Gasteiger partial charge in [-0.1, -0.05) is 115 Å². The van der Waals surface area contributed by atoms with Gasteiger partial charge < -0.3 is 0 Å². The molecule has 4 aromatic heterocycles. The van der Waals surface area contributed by atoms with Crippen molar-refractivity contribution >= 4 is 86.6 Å². The van der Waals surface area contributed by atoms with Crippen molar-refractivity contribution in [2.45, 2.75) is 12.3 Å². The first kappa shape index (κ1) is 30.7. The lowest BCUT2D eigenvalue weighted by molar-refractivity contribution is 0.914. The van der Waals surface area contributed by atoms with Gasteiger partial charge in [0.05, 0.1) is 10.2 Å². The van der Waals surface area contributed by atoms with Crippen LogP contribution in [0.1, 0.15) is 17.3 Å². The maximum atomic E-state index is 5.08. The Kier molecular flexibility index (Phi) is 7.18. The summed E-state index contributed by atoms with van der Waals surface area (Å²) in [6.45, 7) is 0. The fourth-order valence-electron chi connectivity index (χ4n) is 7.45. The van der Waals surface area contributed by atoms with Gasteiger partial charge in [-0.2, -0.15) is 0 Å². The van der Waals surface area contributed by atoms with Crippen molar-refractivity contribution in [2.24, 2.45) is 0 Å². The fraction of sp³-hybridized carbons (Fsp3) is 0.0435. The molecule has 10 aromatic rings. The fourth-order valence-corrected chi connectivity index (χ4v) is 10.9. The molecule has 11 rings (SSSR count). The molecule has 0 amide bonds. The van der Waals surface area contributed by atoms with Gasteiger partial charge in [-0.05, 0) is 59.2 Å². The molecule has 1 atom stereocenters. The highest BCUT2D eigenvalue weighted by Crippen LogP contribution is 2.37. The lowest BCUT2D eigenvalue weighted by atomic mass is 9.98. The lowest BCUT2D eigenvalue weighted by Crippen LogP contribution is -2.23. The minimum atomic E-state index is 0.290. The molecule has 4 nitrogen and oxygen atoms in total. The highest BCUT2D eigenvalue weighted by Gasteiger charge is 2.19. The highest BCUT2D eigenvalue weighted by molar-refractivity contribution is 7.25. The van der Waals surface area contributed by atoms with Crippen LogP contribution < -0.4 is 9.75 Å². The van der Waals surface area contributed by atoms with E-state index in [1.54, 1.807) is 0 Å². The highest BCUT2D eigenvalue weighted by atomic mass is 32.1. The van der Waals surface area contributed by atoms with E-state index in [1.807, 2.05) is 52.2 Å². The summed E-state index contributed by atoms with van der Waals surface area (Å²) in [5, 5.41) is 6.31. The van der Waals surface area contributed by atoms with Crippen LogP contribution in [-0.4, -0.2) is 19.9 Å². The van der Waals surface area contributed by atoms with Gasteiger partial charge in [-0.15, -0.1) is 34.0 Å². The Balaban J connectivity index is 0.982. The Hall–Kier alpha value is -5.86. The molecule has 4 heterocycles. The van der Waals surface area contributed by atoms with Crippen molar-refractivity contribution in [2.75, 3.05) is 0 Å². The minimum Gasteiger partial charge on any atom is -0.241 e. The number of thiophene rings is 2. The first-order chi connectivity index (χ1) is 26.2. The maximum absolute atomic E-state index is 5.08. The number of thiazole rings is 1. The average molecular weight is 733 g/mol. The molecule has 1 aliphatic rings. The van der Waals surface area contributed by atoms with E-state index in [2.05, 4.69) is 133 Å². The van der Waals surface area contributed by atoms with Crippen LogP contribution in [0.4, 0.5) is 0 Å². The molecule has 6 aromatic carbocycles. The SMILES string of the molecule is C1=c2sc3c(-c4ccc(-c5nc(-c6ccccc6)nc(-c6ccc7sc8ccccc8c7c6)n5)cc4)cccc3c2=CC(c2nc3ccccc3s2)C1. The molecular formula is C46H28N4S3. The molecule has 0 fully saturated rings. The summed E-state index contributed by atoms with van der Waals surface area (Å²) < 4.78 is 6.45. The number of fused-ring (bicyclic) bond motifs is 7. The van der Waals surface area contributed by atoms with Crippen LogP contribution in [0.15, 0.2) is 140 Å². The molecule has 0 radical (unpaired) electrons. The molecule has 7 heteroatoms.